The summed E-state index contributed by atoms with van der Waals surface area (Å²) in [5.74, 6) is 3.14. The fraction of sp³-hybridized carbons (Fsp3) is 0.133. The maximum absolute atomic E-state index is 11.5. The zero-order valence-corrected chi connectivity index (χ0v) is 11.8. The number of rotatable bonds is 6. The van der Waals surface area contributed by atoms with Crippen LogP contribution in [-0.2, 0) is 16.1 Å². The van der Waals surface area contributed by atoms with Gasteiger partial charge in [0.2, 0.25) is 0 Å². The first-order valence-electron chi connectivity index (χ1n) is 6.30. The molecule has 7 nitrogen and oxygen atoms in total. The second kappa shape index (κ2) is 8.11. The SMILES string of the molecule is C=CCNC(=O)NCc1cc(C(N)=C=O)cc(C(N)=C=O)c1. The van der Waals surface area contributed by atoms with E-state index >= 15 is 0 Å². The van der Waals surface area contributed by atoms with Gasteiger partial charge < -0.3 is 22.1 Å². The molecule has 22 heavy (non-hydrogen) atoms. The first kappa shape index (κ1) is 16.8. The number of carbonyl (C=O) groups excluding carboxylic acids is 3. The average molecular weight is 300 g/mol. The van der Waals surface area contributed by atoms with E-state index in [1.165, 1.54) is 6.07 Å². The van der Waals surface area contributed by atoms with Crippen LogP contribution in [0.5, 0.6) is 0 Å². The van der Waals surface area contributed by atoms with Crippen molar-refractivity contribution in [3.05, 3.63) is 47.5 Å². The Morgan fingerprint density at radius 2 is 1.64 bits per heavy atom. The molecule has 0 aliphatic rings. The molecule has 0 aliphatic carbocycles. The highest BCUT2D eigenvalue weighted by Gasteiger charge is 2.08. The van der Waals surface area contributed by atoms with E-state index in [4.69, 9.17) is 11.5 Å². The van der Waals surface area contributed by atoms with E-state index in [0.29, 0.717) is 23.2 Å². The minimum Gasteiger partial charge on any atom is -0.389 e. The van der Waals surface area contributed by atoms with Gasteiger partial charge in [0.25, 0.3) is 0 Å². The van der Waals surface area contributed by atoms with Crippen molar-refractivity contribution in [2.75, 3.05) is 6.54 Å². The molecule has 0 heterocycles. The van der Waals surface area contributed by atoms with Crippen molar-refractivity contribution >= 4 is 29.3 Å². The summed E-state index contributed by atoms with van der Waals surface area (Å²) in [5.41, 5.74) is 12.1. The molecule has 1 aromatic carbocycles. The molecule has 0 saturated heterocycles. The second-order valence-corrected chi connectivity index (χ2v) is 4.30. The van der Waals surface area contributed by atoms with Crippen LogP contribution >= 0.6 is 0 Å². The van der Waals surface area contributed by atoms with Crippen LogP contribution in [0.2, 0.25) is 0 Å². The molecule has 0 fully saturated rings. The van der Waals surface area contributed by atoms with Gasteiger partial charge in [-0.15, -0.1) is 6.58 Å². The quantitative estimate of drug-likeness (QED) is 0.432. The minimum absolute atomic E-state index is 0.127. The summed E-state index contributed by atoms with van der Waals surface area (Å²) in [5, 5.41) is 5.15. The van der Waals surface area contributed by atoms with Gasteiger partial charge >= 0.3 is 6.03 Å². The zero-order valence-electron chi connectivity index (χ0n) is 11.8. The van der Waals surface area contributed by atoms with Crippen LogP contribution in [0, 0.1) is 0 Å². The average Bonchev–Trinajstić information content (AvgIpc) is 2.56. The summed E-state index contributed by atoms with van der Waals surface area (Å²) in [4.78, 5) is 32.8. The lowest BCUT2D eigenvalue weighted by Gasteiger charge is -2.10. The van der Waals surface area contributed by atoms with E-state index in [1.54, 1.807) is 30.1 Å². The molecule has 2 amide bonds. The Bertz CT molecular complexity index is 642. The minimum atomic E-state index is -0.385. The van der Waals surface area contributed by atoms with Crippen LogP contribution in [0.15, 0.2) is 30.9 Å². The van der Waals surface area contributed by atoms with Crippen molar-refractivity contribution in [1.29, 1.82) is 0 Å². The summed E-state index contributed by atoms with van der Waals surface area (Å²) in [7, 11) is 0. The Kier molecular flexibility index (Phi) is 6.19. The molecule has 0 unspecified atom stereocenters. The monoisotopic (exact) mass is 300 g/mol. The summed E-state index contributed by atoms with van der Waals surface area (Å²) in [6.45, 7) is 3.97. The van der Waals surface area contributed by atoms with E-state index in [9.17, 15) is 14.4 Å². The lowest BCUT2D eigenvalue weighted by molar-refractivity contribution is 0.241. The number of nitrogens with one attached hydrogen (secondary N) is 2. The molecule has 6 N–H and O–H groups in total. The third kappa shape index (κ3) is 4.68. The Morgan fingerprint density at radius 3 is 2.09 bits per heavy atom. The molecule has 0 radical (unpaired) electrons. The molecular weight excluding hydrogens is 284 g/mol. The van der Waals surface area contributed by atoms with Gasteiger partial charge in [-0.2, -0.15) is 0 Å². The van der Waals surface area contributed by atoms with E-state index < -0.39 is 0 Å². The largest absolute Gasteiger partial charge is 0.389 e. The van der Waals surface area contributed by atoms with Gasteiger partial charge in [0.15, 0.2) is 11.9 Å². The van der Waals surface area contributed by atoms with Crippen molar-refractivity contribution in [2.24, 2.45) is 11.5 Å². The highest BCUT2D eigenvalue weighted by atomic mass is 16.2. The Hall–Kier alpha value is -3.27. The van der Waals surface area contributed by atoms with E-state index in [1.807, 2.05) is 0 Å². The fourth-order valence-electron chi connectivity index (χ4n) is 1.63. The first-order valence-corrected chi connectivity index (χ1v) is 6.30. The van der Waals surface area contributed by atoms with E-state index in [-0.39, 0.29) is 24.0 Å². The maximum Gasteiger partial charge on any atom is 0.315 e. The lowest BCUT2D eigenvalue weighted by atomic mass is 10.0. The Balaban J connectivity index is 3.03. The number of benzene rings is 1. The van der Waals surface area contributed by atoms with E-state index in [2.05, 4.69) is 17.2 Å². The van der Waals surface area contributed by atoms with Gasteiger partial charge in [0.1, 0.15) is 11.4 Å². The molecule has 0 spiro atoms. The third-order valence-corrected chi connectivity index (χ3v) is 2.69. The summed E-state index contributed by atoms with van der Waals surface area (Å²) >= 11 is 0. The molecule has 1 aromatic rings. The van der Waals surface area contributed by atoms with Gasteiger partial charge in [-0.1, -0.05) is 6.08 Å². The molecule has 0 aliphatic heterocycles. The van der Waals surface area contributed by atoms with Crippen LogP contribution in [0.25, 0.3) is 11.4 Å². The molecule has 0 atom stereocenters. The Morgan fingerprint density at radius 1 is 1.09 bits per heavy atom. The number of hydrogen-bond donors (Lipinski definition) is 4. The number of amides is 2. The predicted molar refractivity (Wildman–Crippen MR) is 83.5 cm³/mol. The second-order valence-electron chi connectivity index (χ2n) is 4.30. The number of hydrogen-bond acceptors (Lipinski definition) is 5. The highest BCUT2D eigenvalue weighted by molar-refractivity contribution is 5.90. The predicted octanol–water partition coefficient (Wildman–Crippen LogP) is -0.0658. The van der Waals surface area contributed by atoms with Gasteiger partial charge in [0, 0.05) is 24.2 Å². The van der Waals surface area contributed by atoms with Gasteiger partial charge in [-0.25, -0.2) is 14.4 Å². The number of nitrogens with two attached hydrogens (primary N) is 2. The van der Waals surface area contributed by atoms with Crippen LogP contribution in [0.4, 0.5) is 4.79 Å². The van der Waals surface area contributed by atoms with Crippen LogP contribution in [-0.4, -0.2) is 24.5 Å². The first-order chi connectivity index (χ1) is 10.5. The number of urea groups is 1. The molecule has 0 bridgehead atoms. The smallest absolute Gasteiger partial charge is 0.315 e. The van der Waals surface area contributed by atoms with Gasteiger partial charge in [-0.05, 0) is 23.8 Å². The van der Waals surface area contributed by atoms with Crippen LogP contribution in [0.1, 0.15) is 16.7 Å². The van der Waals surface area contributed by atoms with Crippen LogP contribution in [0.3, 0.4) is 0 Å². The fourth-order valence-corrected chi connectivity index (χ4v) is 1.63. The van der Waals surface area contributed by atoms with Crippen molar-refractivity contribution < 1.29 is 14.4 Å². The number of carbonyl (C=O) groups is 1. The third-order valence-electron chi connectivity index (χ3n) is 2.69. The maximum atomic E-state index is 11.5. The molecule has 1 rings (SSSR count). The van der Waals surface area contributed by atoms with E-state index in [0.717, 1.165) is 0 Å². The summed E-state index contributed by atoms with van der Waals surface area (Å²) in [6.07, 6.45) is 1.55. The zero-order chi connectivity index (χ0) is 16.5. The normalized spacial score (nSPS) is 9.09. The molecule has 0 saturated carbocycles. The Labute approximate surface area is 127 Å². The van der Waals surface area contributed by atoms with Crippen molar-refractivity contribution in [1.82, 2.24) is 10.6 Å². The lowest BCUT2D eigenvalue weighted by Crippen LogP contribution is -2.35. The summed E-state index contributed by atoms with van der Waals surface area (Å²) in [6, 6.07) is 4.28. The molecule has 0 aromatic heterocycles. The van der Waals surface area contributed by atoms with Crippen molar-refractivity contribution in [3.63, 3.8) is 0 Å². The topological polar surface area (TPSA) is 127 Å². The van der Waals surface area contributed by atoms with Crippen molar-refractivity contribution in [3.8, 4) is 0 Å². The summed E-state index contributed by atoms with van der Waals surface area (Å²) < 4.78 is 0. The molecule has 7 heteroatoms. The van der Waals surface area contributed by atoms with Gasteiger partial charge in [0.05, 0.1) is 0 Å². The molecular formula is C15H16N4O3. The van der Waals surface area contributed by atoms with Gasteiger partial charge in [-0.3, -0.25) is 0 Å². The van der Waals surface area contributed by atoms with Crippen LogP contribution < -0.4 is 22.1 Å². The van der Waals surface area contributed by atoms with Crippen molar-refractivity contribution in [2.45, 2.75) is 6.54 Å². The standard InChI is InChI=1S/C15H16N4O3/c1-2-3-18-15(22)19-7-10-4-11(13(16)8-20)6-12(5-10)14(17)9-21/h2,4-6H,1,3,7,16-17H2,(H2,18,19,22). The molecule has 114 valence electrons. The highest BCUT2D eigenvalue weighted by Crippen LogP contribution is 2.17.